The van der Waals surface area contributed by atoms with Crippen molar-refractivity contribution in [1.29, 1.82) is 0 Å². The van der Waals surface area contributed by atoms with Crippen molar-refractivity contribution in [3.8, 4) is 0 Å². The lowest BCUT2D eigenvalue weighted by molar-refractivity contribution is -0.213. The molecule has 2 bridgehead atoms. The van der Waals surface area contributed by atoms with E-state index in [-0.39, 0.29) is 26.1 Å². The predicted molar refractivity (Wildman–Crippen MR) is 200 cm³/mol. The number of aliphatic hydroxyl groups is 2. The predicted octanol–water partition coefficient (Wildman–Crippen LogP) is 2.73. The molecule has 6 fully saturated rings. The minimum atomic E-state index is -1.62. The third-order valence-electron chi connectivity index (χ3n) is 12.3. The summed E-state index contributed by atoms with van der Waals surface area (Å²) in [6.07, 6.45) is 3.21. The van der Waals surface area contributed by atoms with Crippen LogP contribution < -0.4 is 10.6 Å². The highest BCUT2D eigenvalue weighted by atomic mass is 16.8. The third kappa shape index (κ3) is 6.35. The van der Waals surface area contributed by atoms with Crippen LogP contribution in [0, 0.1) is 11.3 Å². The van der Waals surface area contributed by atoms with Gasteiger partial charge in [-0.1, -0.05) is 97.1 Å². The van der Waals surface area contributed by atoms with Gasteiger partial charge in [-0.2, -0.15) is 5.06 Å². The van der Waals surface area contributed by atoms with E-state index in [0.29, 0.717) is 29.3 Å². The highest BCUT2D eigenvalue weighted by Crippen LogP contribution is 2.59. The van der Waals surface area contributed by atoms with E-state index in [1.54, 1.807) is 0 Å². The Morgan fingerprint density at radius 2 is 1.62 bits per heavy atom. The molecule has 4 aliphatic heterocycles. The lowest BCUT2D eigenvalue weighted by Gasteiger charge is -2.49. The molecule has 11 atom stereocenters. The number of benzene rings is 3. The standard InChI is InChI=1S/C43H47N3O10/c1-25(48)34(39(49)44-20-21-47)45-41(51)42-23-33-35-36(55-43(54-35,29-12-4-2-5-13-29)30-14-6-3-7-15-30)38(42)56-46(37(42)40(50)53-33)24-28-11-9-8-10-27(28)18-16-26-17-19-31-32(22-26)52-31/h2-16,18,25-26,31-38,47-48H,17,19-24H2,1H3,(H,44,49)(H,45,51). The summed E-state index contributed by atoms with van der Waals surface area (Å²) in [4.78, 5) is 49.5. The SMILES string of the molecule is CC(O)C(NC(=O)C12CC3OC(=O)C1N(Cc1ccccc1C=CC1CCC4OC4C1)OC2C1OC(c2ccccc2)(c2ccccc2)OC31)C(=O)NCCO. The highest BCUT2D eigenvalue weighted by Gasteiger charge is 2.76. The van der Waals surface area contributed by atoms with E-state index < -0.39 is 71.6 Å². The third-order valence-corrected chi connectivity index (χ3v) is 12.3. The van der Waals surface area contributed by atoms with Gasteiger partial charge in [0.05, 0.1) is 31.5 Å². The van der Waals surface area contributed by atoms with E-state index in [2.05, 4.69) is 22.8 Å². The van der Waals surface area contributed by atoms with Crippen LogP contribution in [-0.4, -0.2) is 101 Å². The maximum absolute atomic E-state index is 15.0. The number of rotatable bonds is 12. The monoisotopic (exact) mass is 765 g/mol. The summed E-state index contributed by atoms with van der Waals surface area (Å²) in [6, 6.07) is 24.2. The average molecular weight is 766 g/mol. The summed E-state index contributed by atoms with van der Waals surface area (Å²) in [6.45, 7) is 1.13. The Hall–Kier alpha value is -4.47. The number of allylic oxidation sites excluding steroid dienone is 1. The summed E-state index contributed by atoms with van der Waals surface area (Å²) in [5.74, 6) is -3.03. The zero-order valence-electron chi connectivity index (χ0n) is 31.1. The van der Waals surface area contributed by atoms with Crippen LogP contribution in [0.1, 0.15) is 54.9 Å². The van der Waals surface area contributed by atoms with Crippen molar-refractivity contribution in [3.63, 3.8) is 0 Å². The number of esters is 1. The maximum Gasteiger partial charge on any atom is 0.327 e. The van der Waals surface area contributed by atoms with E-state index in [1.165, 1.54) is 12.0 Å². The largest absolute Gasteiger partial charge is 0.458 e. The van der Waals surface area contributed by atoms with E-state index >= 15 is 4.79 Å². The highest BCUT2D eigenvalue weighted by molar-refractivity contribution is 5.96. The topological polar surface area (TPSA) is 168 Å². The zero-order valence-corrected chi connectivity index (χ0v) is 31.1. The molecule has 2 amide bonds. The van der Waals surface area contributed by atoms with Gasteiger partial charge in [-0.3, -0.25) is 19.2 Å². The second-order valence-electron chi connectivity index (χ2n) is 15.8. The Balaban J connectivity index is 1.10. The number of aliphatic hydroxyl groups excluding tert-OH is 2. The number of hydrogen-bond acceptors (Lipinski definition) is 11. The molecular formula is C43H47N3O10. The van der Waals surface area contributed by atoms with Crippen molar-refractivity contribution < 1.29 is 48.4 Å². The zero-order chi connectivity index (χ0) is 38.6. The Morgan fingerprint density at radius 1 is 0.929 bits per heavy atom. The number of nitrogens with zero attached hydrogens (tertiary/aromatic N) is 1. The number of ether oxygens (including phenoxy) is 4. The maximum atomic E-state index is 15.0. The molecule has 3 aromatic rings. The first-order valence-corrected chi connectivity index (χ1v) is 19.6. The fourth-order valence-electron chi connectivity index (χ4n) is 9.52. The number of epoxide rings is 1. The molecular weight excluding hydrogens is 718 g/mol. The lowest BCUT2D eigenvalue weighted by Crippen LogP contribution is -2.71. The minimum absolute atomic E-state index is 0.0127. The van der Waals surface area contributed by atoms with Crippen molar-refractivity contribution in [2.45, 2.75) is 99.8 Å². The molecule has 2 aliphatic carbocycles. The van der Waals surface area contributed by atoms with Gasteiger partial charge >= 0.3 is 5.97 Å². The molecule has 3 aromatic carbocycles. The van der Waals surface area contributed by atoms with Gasteiger partial charge in [0.2, 0.25) is 17.6 Å². The molecule has 294 valence electrons. The first-order valence-electron chi connectivity index (χ1n) is 19.6. The van der Waals surface area contributed by atoms with Crippen molar-refractivity contribution in [2.24, 2.45) is 11.3 Å². The quantitative estimate of drug-likeness (QED) is 0.158. The van der Waals surface area contributed by atoms with Gasteiger partial charge in [0, 0.05) is 24.1 Å². The molecule has 0 aromatic heterocycles. The van der Waals surface area contributed by atoms with E-state index in [4.69, 9.17) is 23.8 Å². The van der Waals surface area contributed by atoms with Crippen LogP contribution in [0.15, 0.2) is 91.0 Å². The number of nitrogens with one attached hydrogen (secondary N) is 2. The van der Waals surface area contributed by atoms with Crippen molar-refractivity contribution >= 4 is 23.9 Å². The minimum Gasteiger partial charge on any atom is -0.458 e. The van der Waals surface area contributed by atoms with Crippen LogP contribution in [0.5, 0.6) is 0 Å². The molecule has 6 aliphatic rings. The Bertz CT molecular complexity index is 1940. The number of fused-ring (bicyclic) bond motifs is 5. The molecule has 4 N–H and O–H groups in total. The van der Waals surface area contributed by atoms with Crippen LogP contribution in [0.2, 0.25) is 0 Å². The van der Waals surface area contributed by atoms with Crippen molar-refractivity contribution in [3.05, 3.63) is 113 Å². The smallest absolute Gasteiger partial charge is 0.327 e. The normalized spacial score (nSPS) is 33.5. The first-order chi connectivity index (χ1) is 27.2. The van der Waals surface area contributed by atoms with Gasteiger partial charge in [-0.15, -0.1) is 0 Å². The Labute approximate surface area is 324 Å². The molecule has 4 saturated heterocycles. The molecule has 9 rings (SSSR count). The Kier molecular flexibility index (Phi) is 9.81. The second-order valence-corrected chi connectivity index (χ2v) is 15.8. The van der Waals surface area contributed by atoms with Gasteiger partial charge in [-0.25, -0.2) is 0 Å². The Morgan fingerprint density at radius 3 is 2.32 bits per heavy atom. The first kappa shape index (κ1) is 37.1. The summed E-state index contributed by atoms with van der Waals surface area (Å²) < 4.78 is 26.0. The van der Waals surface area contributed by atoms with Gasteiger partial charge in [-0.05, 0) is 43.2 Å². The summed E-state index contributed by atoms with van der Waals surface area (Å²) >= 11 is 0. The van der Waals surface area contributed by atoms with Gasteiger partial charge in [0.1, 0.15) is 35.9 Å². The van der Waals surface area contributed by atoms with E-state index in [0.717, 1.165) is 30.4 Å². The van der Waals surface area contributed by atoms with Crippen LogP contribution in [0.3, 0.4) is 0 Å². The van der Waals surface area contributed by atoms with E-state index in [1.807, 2.05) is 84.9 Å². The van der Waals surface area contributed by atoms with Crippen molar-refractivity contribution in [2.75, 3.05) is 13.2 Å². The number of amides is 2. The summed E-state index contributed by atoms with van der Waals surface area (Å²) in [7, 11) is 0. The fraction of sp³-hybridized carbons (Fsp3) is 0.465. The summed E-state index contributed by atoms with van der Waals surface area (Å²) in [5.41, 5.74) is 1.63. The van der Waals surface area contributed by atoms with Gasteiger partial charge in [0.15, 0.2) is 6.04 Å². The molecule has 0 radical (unpaired) electrons. The number of carbonyl (C=O) groups is 3. The van der Waals surface area contributed by atoms with Crippen molar-refractivity contribution in [1.82, 2.24) is 15.7 Å². The van der Waals surface area contributed by atoms with Crippen LogP contribution in [-0.2, 0) is 50.5 Å². The number of hydrogen-bond donors (Lipinski definition) is 4. The lowest BCUT2D eigenvalue weighted by atomic mass is 9.62. The van der Waals surface area contributed by atoms with Crippen LogP contribution >= 0.6 is 0 Å². The summed E-state index contributed by atoms with van der Waals surface area (Å²) in [5, 5.41) is 26.9. The molecule has 2 saturated carbocycles. The molecule has 11 unspecified atom stereocenters. The van der Waals surface area contributed by atoms with Crippen LogP contribution in [0.25, 0.3) is 6.08 Å². The van der Waals surface area contributed by atoms with Gasteiger partial charge in [0.25, 0.3) is 0 Å². The average Bonchev–Trinajstić information content (AvgIpc) is 3.73. The molecule has 13 nitrogen and oxygen atoms in total. The number of carbonyl (C=O) groups excluding carboxylic acids is 3. The molecule has 13 heteroatoms. The van der Waals surface area contributed by atoms with Crippen LogP contribution in [0.4, 0.5) is 0 Å². The van der Waals surface area contributed by atoms with E-state index in [9.17, 15) is 19.8 Å². The van der Waals surface area contributed by atoms with Gasteiger partial charge < -0.3 is 39.8 Å². The molecule has 56 heavy (non-hydrogen) atoms. The molecule has 4 heterocycles. The number of hydroxylamine groups is 2. The molecule has 0 spiro atoms. The fourth-order valence-corrected chi connectivity index (χ4v) is 9.52. The second kappa shape index (κ2) is 14.8.